The lowest BCUT2D eigenvalue weighted by Crippen LogP contribution is -2.08. The summed E-state index contributed by atoms with van der Waals surface area (Å²) in [6.07, 6.45) is 8.22. The first-order valence-electron chi connectivity index (χ1n) is 6.43. The second-order valence-electron chi connectivity index (χ2n) is 5.18. The Labute approximate surface area is 108 Å². The zero-order valence-electron chi connectivity index (χ0n) is 10.1. The van der Waals surface area contributed by atoms with Crippen LogP contribution in [0.4, 0.5) is 0 Å². The molecule has 1 aliphatic carbocycles. The Hall–Kier alpha value is -0.300. The maximum atomic E-state index is 3.81. The van der Waals surface area contributed by atoms with Gasteiger partial charge in [0, 0.05) is 4.83 Å². The van der Waals surface area contributed by atoms with E-state index >= 15 is 0 Å². The third kappa shape index (κ3) is 3.62. The van der Waals surface area contributed by atoms with Crippen LogP contribution in [0.2, 0.25) is 0 Å². The Bertz CT molecular complexity index is 332. The molecule has 0 aromatic heterocycles. The number of alkyl halides is 1. The standard InChI is InChI=1S/C15H21Br/c1-12-5-4-7-13(9-12)10-14-6-2-3-8-15(16)11-14/h4-5,7,9,14-15H,2-3,6,8,10-11H2,1H3. The number of hydrogen-bond acceptors (Lipinski definition) is 0. The van der Waals surface area contributed by atoms with Gasteiger partial charge < -0.3 is 0 Å². The van der Waals surface area contributed by atoms with Crippen molar-refractivity contribution >= 4 is 15.9 Å². The molecule has 0 bridgehead atoms. The monoisotopic (exact) mass is 280 g/mol. The molecule has 0 heterocycles. The summed E-state index contributed by atoms with van der Waals surface area (Å²) in [4.78, 5) is 0.754. The highest BCUT2D eigenvalue weighted by Gasteiger charge is 2.18. The van der Waals surface area contributed by atoms with Gasteiger partial charge in [0.1, 0.15) is 0 Å². The van der Waals surface area contributed by atoms with Crippen LogP contribution in [0, 0.1) is 12.8 Å². The van der Waals surface area contributed by atoms with Crippen molar-refractivity contribution in [3.8, 4) is 0 Å². The van der Waals surface area contributed by atoms with Crippen LogP contribution >= 0.6 is 15.9 Å². The van der Waals surface area contributed by atoms with E-state index in [0.29, 0.717) is 0 Å². The zero-order valence-corrected chi connectivity index (χ0v) is 11.7. The first-order chi connectivity index (χ1) is 7.74. The zero-order chi connectivity index (χ0) is 11.4. The minimum atomic E-state index is 0.754. The molecule has 1 heteroatoms. The van der Waals surface area contributed by atoms with E-state index < -0.39 is 0 Å². The molecule has 2 rings (SSSR count). The number of halogens is 1. The van der Waals surface area contributed by atoms with Crippen LogP contribution in [-0.2, 0) is 6.42 Å². The number of aryl methyl sites for hydroxylation is 1. The average molecular weight is 281 g/mol. The second-order valence-corrected chi connectivity index (χ2v) is 6.47. The van der Waals surface area contributed by atoms with Crippen molar-refractivity contribution in [3.05, 3.63) is 35.4 Å². The summed E-state index contributed by atoms with van der Waals surface area (Å²) in [5.41, 5.74) is 2.91. The molecule has 0 amide bonds. The van der Waals surface area contributed by atoms with Crippen molar-refractivity contribution in [2.75, 3.05) is 0 Å². The molecule has 0 N–H and O–H groups in total. The van der Waals surface area contributed by atoms with Crippen LogP contribution in [0.25, 0.3) is 0 Å². The van der Waals surface area contributed by atoms with Crippen LogP contribution in [0.5, 0.6) is 0 Å². The summed E-state index contributed by atoms with van der Waals surface area (Å²) >= 11 is 3.81. The topological polar surface area (TPSA) is 0 Å². The molecule has 0 radical (unpaired) electrons. The number of benzene rings is 1. The van der Waals surface area contributed by atoms with Crippen molar-refractivity contribution in [3.63, 3.8) is 0 Å². The summed E-state index contributed by atoms with van der Waals surface area (Å²) in [5, 5.41) is 0. The summed E-state index contributed by atoms with van der Waals surface area (Å²) in [6.45, 7) is 2.18. The Morgan fingerprint density at radius 3 is 2.88 bits per heavy atom. The first kappa shape index (κ1) is 12.2. The predicted octanol–water partition coefficient (Wildman–Crippen LogP) is 4.88. The van der Waals surface area contributed by atoms with E-state index in [1.807, 2.05) is 0 Å². The molecule has 1 aliphatic rings. The molecule has 2 atom stereocenters. The molecule has 0 nitrogen and oxygen atoms in total. The fourth-order valence-electron chi connectivity index (χ4n) is 2.75. The minimum absolute atomic E-state index is 0.754. The smallest absolute Gasteiger partial charge is 0.0148 e. The summed E-state index contributed by atoms with van der Waals surface area (Å²) in [5.74, 6) is 0.883. The van der Waals surface area contributed by atoms with Crippen molar-refractivity contribution in [2.45, 2.75) is 50.3 Å². The van der Waals surface area contributed by atoms with E-state index in [2.05, 4.69) is 47.1 Å². The lowest BCUT2D eigenvalue weighted by molar-refractivity contribution is 0.463. The average Bonchev–Trinajstić information content (AvgIpc) is 2.43. The van der Waals surface area contributed by atoms with Crippen molar-refractivity contribution in [1.82, 2.24) is 0 Å². The summed E-state index contributed by atoms with van der Waals surface area (Å²) in [7, 11) is 0. The third-order valence-electron chi connectivity index (χ3n) is 3.58. The van der Waals surface area contributed by atoms with Crippen LogP contribution in [0.3, 0.4) is 0 Å². The van der Waals surface area contributed by atoms with E-state index in [0.717, 1.165) is 10.7 Å². The largest absolute Gasteiger partial charge is 0.0891 e. The Kier molecular flexibility index (Phi) is 4.45. The molecule has 2 unspecified atom stereocenters. The van der Waals surface area contributed by atoms with E-state index in [9.17, 15) is 0 Å². The van der Waals surface area contributed by atoms with E-state index in [1.165, 1.54) is 49.7 Å². The molecule has 0 spiro atoms. The highest BCUT2D eigenvalue weighted by molar-refractivity contribution is 9.09. The third-order valence-corrected chi connectivity index (χ3v) is 4.41. The van der Waals surface area contributed by atoms with Gasteiger partial charge in [0.05, 0.1) is 0 Å². The molecule has 1 fully saturated rings. The van der Waals surface area contributed by atoms with Crippen molar-refractivity contribution in [2.24, 2.45) is 5.92 Å². The van der Waals surface area contributed by atoms with Crippen LogP contribution in [0.1, 0.15) is 43.2 Å². The Morgan fingerprint density at radius 2 is 2.06 bits per heavy atom. The van der Waals surface area contributed by atoms with Gasteiger partial charge in [-0.3, -0.25) is 0 Å². The predicted molar refractivity (Wildman–Crippen MR) is 74.2 cm³/mol. The maximum absolute atomic E-state index is 3.81. The second kappa shape index (κ2) is 5.86. The van der Waals surface area contributed by atoms with Gasteiger partial charge in [0.15, 0.2) is 0 Å². The van der Waals surface area contributed by atoms with Gasteiger partial charge in [-0.2, -0.15) is 0 Å². The molecular weight excluding hydrogens is 260 g/mol. The molecule has 88 valence electrons. The van der Waals surface area contributed by atoms with Gasteiger partial charge in [-0.1, -0.05) is 65.0 Å². The highest BCUT2D eigenvalue weighted by Crippen LogP contribution is 2.30. The van der Waals surface area contributed by atoms with Gasteiger partial charge in [-0.25, -0.2) is 0 Å². The Balaban J connectivity index is 1.97. The Morgan fingerprint density at radius 1 is 1.25 bits per heavy atom. The van der Waals surface area contributed by atoms with Crippen LogP contribution < -0.4 is 0 Å². The van der Waals surface area contributed by atoms with Gasteiger partial charge in [0.25, 0.3) is 0 Å². The fraction of sp³-hybridized carbons (Fsp3) is 0.600. The summed E-state index contributed by atoms with van der Waals surface area (Å²) < 4.78 is 0. The number of hydrogen-bond donors (Lipinski definition) is 0. The first-order valence-corrected chi connectivity index (χ1v) is 7.35. The van der Waals surface area contributed by atoms with Crippen LogP contribution in [-0.4, -0.2) is 4.83 Å². The van der Waals surface area contributed by atoms with Gasteiger partial charge >= 0.3 is 0 Å². The van der Waals surface area contributed by atoms with Gasteiger partial charge in [-0.15, -0.1) is 0 Å². The van der Waals surface area contributed by atoms with Crippen molar-refractivity contribution in [1.29, 1.82) is 0 Å². The maximum Gasteiger partial charge on any atom is 0.0148 e. The van der Waals surface area contributed by atoms with Crippen LogP contribution in [0.15, 0.2) is 24.3 Å². The lowest BCUT2D eigenvalue weighted by Gasteiger charge is -2.16. The normalized spacial score (nSPS) is 26.4. The molecule has 16 heavy (non-hydrogen) atoms. The molecule has 1 aromatic carbocycles. The van der Waals surface area contributed by atoms with E-state index in [1.54, 1.807) is 0 Å². The van der Waals surface area contributed by atoms with Crippen molar-refractivity contribution < 1.29 is 0 Å². The molecule has 1 saturated carbocycles. The molecule has 0 aliphatic heterocycles. The van der Waals surface area contributed by atoms with Gasteiger partial charge in [0.2, 0.25) is 0 Å². The highest BCUT2D eigenvalue weighted by atomic mass is 79.9. The van der Waals surface area contributed by atoms with Gasteiger partial charge in [-0.05, 0) is 37.7 Å². The molecule has 0 saturated heterocycles. The quantitative estimate of drug-likeness (QED) is 0.535. The fourth-order valence-corrected chi connectivity index (χ4v) is 3.61. The van der Waals surface area contributed by atoms with E-state index in [4.69, 9.17) is 0 Å². The minimum Gasteiger partial charge on any atom is -0.0891 e. The summed E-state index contributed by atoms with van der Waals surface area (Å²) in [6, 6.07) is 8.99. The number of rotatable bonds is 2. The molecule has 1 aromatic rings. The SMILES string of the molecule is Cc1cccc(CC2CCCCC(Br)C2)c1. The van der Waals surface area contributed by atoms with E-state index in [-0.39, 0.29) is 0 Å². The molecular formula is C15H21Br. The lowest BCUT2D eigenvalue weighted by atomic mass is 9.92.